The molecule has 2 unspecified atom stereocenters. The third-order valence-electron chi connectivity index (χ3n) is 3.72. The van der Waals surface area contributed by atoms with Crippen molar-refractivity contribution < 1.29 is 24.0 Å². The molecule has 0 fully saturated rings. The molecule has 6 heteroatoms. The Hall–Kier alpha value is -1.81. The lowest BCUT2D eigenvalue weighted by Gasteiger charge is -2.25. The van der Waals surface area contributed by atoms with Crippen LogP contribution in [0.25, 0.3) is 0 Å². The number of hydrogen-bond acceptors (Lipinski definition) is 5. The SMILES string of the molecule is CCCCOP(=O)(c1ccccc1)C(O)c1ccc(O)c(OC)c1. The van der Waals surface area contributed by atoms with Crippen LogP contribution in [-0.2, 0) is 9.09 Å². The van der Waals surface area contributed by atoms with E-state index in [1.54, 1.807) is 24.3 Å². The highest BCUT2D eigenvalue weighted by molar-refractivity contribution is 7.67. The molecule has 0 bridgehead atoms. The van der Waals surface area contributed by atoms with Crippen LogP contribution in [0.1, 0.15) is 31.2 Å². The highest BCUT2D eigenvalue weighted by atomic mass is 31.2. The zero-order chi connectivity index (χ0) is 17.6. The zero-order valence-corrected chi connectivity index (χ0v) is 14.8. The van der Waals surface area contributed by atoms with E-state index in [1.165, 1.54) is 25.3 Å². The molecule has 0 radical (unpaired) electrons. The number of phenols is 1. The second-order valence-corrected chi connectivity index (χ2v) is 7.88. The van der Waals surface area contributed by atoms with Crippen LogP contribution < -0.4 is 10.0 Å². The number of ether oxygens (including phenoxy) is 1. The lowest BCUT2D eigenvalue weighted by atomic mass is 10.2. The van der Waals surface area contributed by atoms with Gasteiger partial charge < -0.3 is 19.5 Å². The van der Waals surface area contributed by atoms with Crippen LogP contribution in [0, 0.1) is 0 Å². The Balaban J connectivity index is 2.41. The maximum atomic E-state index is 13.5. The first-order valence-corrected chi connectivity index (χ1v) is 9.57. The maximum Gasteiger partial charge on any atom is 0.264 e. The number of hydrogen-bond donors (Lipinski definition) is 2. The molecule has 130 valence electrons. The fourth-order valence-electron chi connectivity index (χ4n) is 2.32. The van der Waals surface area contributed by atoms with Crippen molar-refractivity contribution in [1.29, 1.82) is 0 Å². The number of rotatable bonds is 8. The Kier molecular flexibility index (Phi) is 6.44. The van der Waals surface area contributed by atoms with Crippen molar-refractivity contribution in [3.63, 3.8) is 0 Å². The van der Waals surface area contributed by atoms with E-state index in [4.69, 9.17) is 9.26 Å². The third-order valence-corrected chi connectivity index (χ3v) is 6.25. The summed E-state index contributed by atoms with van der Waals surface area (Å²) in [6.07, 6.45) is 1.65. The summed E-state index contributed by atoms with van der Waals surface area (Å²) in [6, 6.07) is 13.1. The molecule has 0 aliphatic heterocycles. The van der Waals surface area contributed by atoms with E-state index < -0.39 is 13.2 Å². The van der Waals surface area contributed by atoms with Crippen LogP contribution in [0.15, 0.2) is 48.5 Å². The summed E-state index contributed by atoms with van der Waals surface area (Å²) in [5.74, 6) is -1.18. The molecule has 2 aromatic rings. The summed E-state index contributed by atoms with van der Waals surface area (Å²) in [6.45, 7) is 2.31. The molecule has 2 atom stereocenters. The Morgan fingerprint density at radius 3 is 2.50 bits per heavy atom. The number of methoxy groups -OCH3 is 1. The van der Waals surface area contributed by atoms with Crippen molar-refractivity contribution >= 4 is 12.7 Å². The van der Waals surface area contributed by atoms with Crippen LogP contribution in [0.3, 0.4) is 0 Å². The fourth-order valence-corrected chi connectivity index (χ4v) is 4.43. The van der Waals surface area contributed by atoms with E-state index in [-0.39, 0.29) is 11.5 Å². The highest BCUT2D eigenvalue weighted by Crippen LogP contribution is 2.58. The van der Waals surface area contributed by atoms with E-state index in [0.29, 0.717) is 17.5 Å². The van der Waals surface area contributed by atoms with Crippen molar-refractivity contribution in [2.45, 2.75) is 25.6 Å². The topological polar surface area (TPSA) is 76.0 Å². The molecule has 0 aliphatic rings. The molecule has 0 heterocycles. The summed E-state index contributed by atoms with van der Waals surface area (Å²) < 4.78 is 24.2. The van der Waals surface area contributed by atoms with Crippen LogP contribution >= 0.6 is 7.37 Å². The van der Waals surface area contributed by atoms with Crippen molar-refractivity contribution in [3.05, 3.63) is 54.1 Å². The summed E-state index contributed by atoms with van der Waals surface area (Å²) in [5.41, 5.74) is 0.369. The smallest absolute Gasteiger partial charge is 0.264 e. The summed E-state index contributed by atoms with van der Waals surface area (Å²) >= 11 is 0. The molecule has 0 saturated heterocycles. The average molecular weight is 350 g/mol. The number of aliphatic hydroxyl groups excluding tert-OH is 1. The first kappa shape index (κ1) is 18.5. The van der Waals surface area contributed by atoms with Crippen molar-refractivity contribution in [2.75, 3.05) is 13.7 Å². The molecule has 2 N–H and O–H groups in total. The van der Waals surface area contributed by atoms with Crippen molar-refractivity contribution in [2.24, 2.45) is 0 Å². The molecule has 0 aromatic heterocycles. The highest BCUT2D eigenvalue weighted by Gasteiger charge is 2.36. The lowest BCUT2D eigenvalue weighted by Crippen LogP contribution is -2.15. The second-order valence-electron chi connectivity index (χ2n) is 5.42. The maximum absolute atomic E-state index is 13.5. The van der Waals surface area contributed by atoms with Crippen LogP contribution in [0.2, 0.25) is 0 Å². The fraction of sp³-hybridized carbons (Fsp3) is 0.333. The molecule has 0 saturated carbocycles. The van der Waals surface area contributed by atoms with E-state index in [9.17, 15) is 14.8 Å². The monoisotopic (exact) mass is 350 g/mol. The first-order chi connectivity index (χ1) is 11.5. The average Bonchev–Trinajstić information content (AvgIpc) is 2.62. The van der Waals surface area contributed by atoms with Crippen LogP contribution in [-0.4, -0.2) is 23.9 Å². The van der Waals surface area contributed by atoms with Gasteiger partial charge in [0.15, 0.2) is 17.3 Å². The van der Waals surface area contributed by atoms with E-state index in [2.05, 4.69) is 0 Å². The summed E-state index contributed by atoms with van der Waals surface area (Å²) in [5, 5.41) is 20.9. The van der Waals surface area contributed by atoms with Gasteiger partial charge in [-0.15, -0.1) is 0 Å². The normalized spacial score (nSPS) is 14.8. The number of benzene rings is 2. The van der Waals surface area contributed by atoms with Gasteiger partial charge in [-0.25, -0.2) is 0 Å². The summed E-state index contributed by atoms with van der Waals surface area (Å²) in [4.78, 5) is 0. The summed E-state index contributed by atoms with van der Waals surface area (Å²) in [7, 11) is -2.13. The molecule has 0 spiro atoms. The predicted octanol–water partition coefficient (Wildman–Crippen LogP) is 3.81. The molecule has 0 amide bonds. The van der Waals surface area contributed by atoms with Crippen molar-refractivity contribution in [3.8, 4) is 11.5 Å². The number of aliphatic hydroxyl groups is 1. The second kappa shape index (κ2) is 8.34. The molecule has 2 rings (SSSR count). The minimum absolute atomic E-state index is 0.0464. The lowest BCUT2D eigenvalue weighted by molar-refractivity contribution is 0.212. The molecule has 5 nitrogen and oxygen atoms in total. The van der Waals surface area contributed by atoms with Gasteiger partial charge in [-0.1, -0.05) is 37.6 Å². The van der Waals surface area contributed by atoms with Gasteiger partial charge in [-0.2, -0.15) is 0 Å². The first-order valence-electron chi connectivity index (χ1n) is 7.87. The van der Waals surface area contributed by atoms with Gasteiger partial charge >= 0.3 is 0 Å². The van der Waals surface area contributed by atoms with Gasteiger partial charge in [0.1, 0.15) is 0 Å². The van der Waals surface area contributed by atoms with Gasteiger partial charge in [-0.3, -0.25) is 4.57 Å². The molecule has 24 heavy (non-hydrogen) atoms. The van der Waals surface area contributed by atoms with Gasteiger partial charge in [0, 0.05) is 5.30 Å². The predicted molar refractivity (Wildman–Crippen MR) is 94.2 cm³/mol. The van der Waals surface area contributed by atoms with Crippen LogP contribution in [0.5, 0.6) is 11.5 Å². The van der Waals surface area contributed by atoms with Gasteiger partial charge in [0.05, 0.1) is 13.7 Å². The third kappa shape index (κ3) is 3.99. The number of phenolic OH excluding ortho intramolecular Hbond substituents is 1. The van der Waals surface area contributed by atoms with Gasteiger partial charge in [0.2, 0.25) is 0 Å². The van der Waals surface area contributed by atoms with Gasteiger partial charge in [0.25, 0.3) is 7.37 Å². The van der Waals surface area contributed by atoms with Crippen molar-refractivity contribution in [1.82, 2.24) is 0 Å². The van der Waals surface area contributed by atoms with E-state index in [1.807, 2.05) is 13.0 Å². The Morgan fingerprint density at radius 1 is 1.17 bits per heavy atom. The van der Waals surface area contributed by atoms with Gasteiger partial charge in [-0.05, 0) is 36.2 Å². The number of unbranched alkanes of at least 4 members (excludes halogenated alkanes) is 1. The minimum atomic E-state index is -3.54. The molecular weight excluding hydrogens is 327 g/mol. The zero-order valence-electron chi connectivity index (χ0n) is 13.9. The Morgan fingerprint density at radius 2 is 1.88 bits per heavy atom. The number of aromatic hydroxyl groups is 1. The Labute approximate surface area is 142 Å². The molecule has 0 aliphatic carbocycles. The standard InChI is InChI=1S/C18H23O5P/c1-3-4-12-23-24(21,15-8-6-5-7-9-15)18(20)14-10-11-16(19)17(13-14)22-2/h5-11,13,18-20H,3-4,12H2,1-2H3. The Bertz CT molecular complexity index is 702. The minimum Gasteiger partial charge on any atom is -0.504 e. The van der Waals surface area contributed by atoms with E-state index >= 15 is 0 Å². The van der Waals surface area contributed by atoms with Crippen LogP contribution in [0.4, 0.5) is 0 Å². The van der Waals surface area contributed by atoms with E-state index in [0.717, 1.165) is 12.8 Å². The molecule has 2 aromatic carbocycles. The largest absolute Gasteiger partial charge is 0.504 e. The quantitative estimate of drug-likeness (QED) is 0.559. The molecular formula is C18H23O5P.